The van der Waals surface area contributed by atoms with Crippen LogP contribution in [0.1, 0.15) is 27.9 Å². The lowest BCUT2D eigenvalue weighted by molar-refractivity contribution is 0.0952. The summed E-state index contributed by atoms with van der Waals surface area (Å²) in [4.78, 5) is 15.0. The van der Waals surface area contributed by atoms with Crippen molar-refractivity contribution in [3.8, 4) is 0 Å². The van der Waals surface area contributed by atoms with Crippen LogP contribution in [0.4, 0.5) is 0 Å². The molecule has 1 aromatic heterocycles. The Balaban J connectivity index is 1.31. The molecule has 0 aliphatic heterocycles. The third-order valence-electron chi connectivity index (χ3n) is 5.45. The van der Waals surface area contributed by atoms with Crippen LogP contribution in [0.25, 0.3) is 10.9 Å². The van der Waals surface area contributed by atoms with Crippen LogP contribution in [0.5, 0.6) is 0 Å². The Kier molecular flexibility index (Phi) is 7.20. The Hall–Kier alpha value is -3.15. The van der Waals surface area contributed by atoms with Crippen LogP contribution < -0.4 is 5.32 Å². The molecule has 0 spiro atoms. The fourth-order valence-corrected chi connectivity index (χ4v) is 3.85. The van der Waals surface area contributed by atoms with Crippen molar-refractivity contribution in [3.63, 3.8) is 0 Å². The first kappa shape index (κ1) is 22.1. The van der Waals surface area contributed by atoms with E-state index in [2.05, 4.69) is 46.6 Å². The predicted molar refractivity (Wildman–Crippen MR) is 130 cm³/mol. The molecule has 32 heavy (non-hydrogen) atoms. The van der Waals surface area contributed by atoms with Crippen molar-refractivity contribution in [1.29, 1.82) is 0 Å². The van der Waals surface area contributed by atoms with E-state index in [1.54, 1.807) is 0 Å². The zero-order chi connectivity index (χ0) is 22.3. The van der Waals surface area contributed by atoms with E-state index in [1.165, 1.54) is 5.56 Å². The molecular weight excluding hydrogens is 420 g/mol. The van der Waals surface area contributed by atoms with E-state index in [9.17, 15) is 4.79 Å². The van der Waals surface area contributed by atoms with Crippen LogP contribution in [0.15, 0.2) is 79.0 Å². The lowest BCUT2D eigenvalue weighted by Gasteiger charge is -2.16. The van der Waals surface area contributed by atoms with Crippen LogP contribution in [0.2, 0.25) is 5.02 Å². The molecule has 3 aromatic carbocycles. The van der Waals surface area contributed by atoms with Gasteiger partial charge in [-0.1, -0.05) is 60.1 Å². The first-order valence-electron chi connectivity index (χ1n) is 10.8. The van der Waals surface area contributed by atoms with Gasteiger partial charge in [0.15, 0.2) is 0 Å². The maximum absolute atomic E-state index is 12.7. The summed E-state index contributed by atoms with van der Waals surface area (Å²) in [5, 5.41) is 9.25. The van der Waals surface area contributed by atoms with Gasteiger partial charge < -0.3 is 10.2 Å². The standard InChI is InChI=1S/C26H27ClN4O/c1-30(18-20-6-3-2-4-7-20)15-5-14-28-26(32)22-10-11-23-17-29-31(25(23)16-22)19-21-8-12-24(27)13-9-21/h2-4,6-13,16-17H,5,14-15,18-19H2,1H3,(H,28,32). The number of rotatable bonds is 9. The smallest absolute Gasteiger partial charge is 0.251 e. The predicted octanol–water partition coefficient (Wildman–Crippen LogP) is 4.99. The average molecular weight is 447 g/mol. The summed E-state index contributed by atoms with van der Waals surface area (Å²) in [5.41, 5.74) is 3.99. The van der Waals surface area contributed by atoms with E-state index in [-0.39, 0.29) is 5.91 Å². The number of hydrogen-bond acceptors (Lipinski definition) is 3. The van der Waals surface area contributed by atoms with Crippen LogP contribution in [-0.2, 0) is 13.1 Å². The van der Waals surface area contributed by atoms with Gasteiger partial charge in [-0.25, -0.2) is 0 Å². The number of carbonyl (C=O) groups excluding carboxylic acids is 1. The second kappa shape index (κ2) is 10.4. The normalized spacial score (nSPS) is 11.2. The highest BCUT2D eigenvalue weighted by atomic mass is 35.5. The Morgan fingerprint density at radius 2 is 1.81 bits per heavy atom. The SMILES string of the molecule is CN(CCCNC(=O)c1ccc2cnn(Cc3ccc(Cl)cc3)c2c1)Cc1ccccc1. The molecule has 0 saturated heterocycles. The fourth-order valence-electron chi connectivity index (χ4n) is 3.73. The molecule has 0 fully saturated rings. The van der Waals surface area contributed by atoms with Crippen LogP contribution >= 0.6 is 11.6 Å². The molecule has 1 heterocycles. The first-order valence-corrected chi connectivity index (χ1v) is 11.2. The number of fused-ring (bicyclic) bond motifs is 1. The summed E-state index contributed by atoms with van der Waals surface area (Å²) >= 11 is 5.98. The van der Waals surface area contributed by atoms with Crippen molar-refractivity contribution >= 4 is 28.4 Å². The molecule has 0 aliphatic carbocycles. The van der Waals surface area contributed by atoms with E-state index < -0.39 is 0 Å². The minimum Gasteiger partial charge on any atom is -0.352 e. The summed E-state index contributed by atoms with van der Waals surface area (Å²) in [5.74, 6) is -0.0585. The van der Waals surface area contributed by atoms with Crippen molar-refractivity contribution in [2.75, 3.05) is 20.1 Å². The van der Waals surface area contributed by atoms with Crippen molar-refractivity contribution in [2.45, 2.75) is 19.5 Å². The highest BCUT2D eigenvalue weighted by Crippen LogP contribution is 2.18. The molecule has 0 aliphatic rings. The number of amides is 1. The second-order valence-electron chi connectivity index (χ2n) is 8.04. The number of hydrogen-bond donors (Lipinski definition) is 1. The van der Waals surface area contributed by atoms with Gasteiger partial charge in [-0.15, -0.1) is 0 Å². The van der Waals surface area contributed by atoms with Gasteiger partial charge in [-0.2, -0.15) is 5.10 Å². The number of halogens is 1. The van der Waals surface area contributed by atoms with Crippen LogP contribution in [0, 0.1) is 0 Å². The van der Waals surface area contributed by atoms with Gasteiger partial charge in [0.25, 0.3) is 5.91 Å². The van der Waals surface area contributed by atoms with E-state index in [1.807, 2.05) is 59.4 Å². The lowest BCUT2D eigenvalue weighted by Crippen LogP contribution is -2.28. The molecule has 164 valence electrons. The molecule has 6 heteroatoms. The number of nitrogens with zero attached hydrogens (tertiary/aromatic N) is 3. The van der Waals surface area contributed by atoms with Crippen LogP contribution in [-0.4, -0.2) is 40.7 Å². The lowest BCUT2D eigenvalue weighted by atomic mass is 10.1. The summed E-state index contributed by atoms with van der Waals surface area (Å²) in [6.07, 6.45) is 2.72. The third kappa shape index (κ3) is 5.75. The van der Waals surface area contributed by atoms with Crippen molar-refractivity contribution < 1.29 is 4.79 Å². The molecule has 4 aromatic rings. The minimum atomic E-state index is -0.0585. The first-order chi connectivity index (χ1) is 15.6. The quantitative estimate of drug-likeness (QED) is 0.368. The molecule has 0 radical (unpaired) electrons. The van der Waals surface area contributed by atoms with Gasteiger partial charge in [-0.05, 0) is 55.4 Å². The summed E-state index contributed by atoms with van der Waals surface area (Å²) < 4.78 is 1.91. The third-order valence-corrected chi connectivity index (χ3v) is 5.70. The van der Waals surface area contributed by atoms with Crippen molar-refractivity contribution in [2.24, 2.45) is 0 Å². The molecule has 1 amide bonds. The molecule has 5 nitrogen and oxygen atoms in total. The molecule has 4 rings (SSSR count). The zero-order valence-corrected chi connectivity index (χ0v) is 18.9. The molecule has 0 bridgehead atoms. The van der Waals surface area contributed by atoms with Gasteiger partial charge in [0.1, 0.15) is 0 Å². The maximum Gasteiger partial charge on any atom is 0.251 e. The highest BCUT2D eigenvalue weighted by Gasteiger charge is 2.10. The van der Waals surface area contributed by atoms with Gasteiger partial charge >= 0.3 is 0 Å². The van der Waals surface area contributed by atoms with Gasteiger partial charge in [0.05, 0.1) is 18.3 Å². The van der Waals surface area contributed by atoms with Gasteiger partial charge in [-0.3, -0.25) is 9.48 Å². The van der Waals surface area contributed by atoms with E-state index >= 15 is 0 Å². The Bertz CT molecular complexity index is 1170. The topological polar surface area (TPSA) is 50.2 Å². The number of nitrogens with one attached hydrogen (secondary N) is 1. The molecule has 0 atom stereocenters. The summed E-state index contributed by atoms with van der Waals surface area (Å²) in [6.45, 7) is 3.09. The number of aromatic nitrogens is 2. The summed E-state index contributed by atoms with van der Waals surface area (Å²) in [6, 6.07) is 23.8. The van der Waals surface area contributed by atoms with E-state index in [4.69, 9.17) is 11.6 Å². The average Bonchev–Trinajstić information content (AvgIpc) is 3.20. The Labute approximate surface area is 193 Å². The molecule has 0 unspecified atom stereocenters. The van der Waals surface area contributed by atoms with Crippen LogP contribution in [0.3, 0.4) is 0 Å². The van der Waals surface area contributed by atoms with E-state index in [0.717, 1.165) is 36.0 Å². The van der Waals surface area contributed by atoms with Crippen molar-refractivity contribution in [3.05, 3.63) is 101 Å². The zero-order valence-electron chi connectivity index (χ0n) is 18.2. The number of carbonyl (C=O) groups is 1. The highest BCUT2D eigenvalue weighted by molar-refractivity contribution is 6.30. The van der Waals surface area contributed by atoms with E-state index in [0.29, 0.717) is 23.7 Å². The van der Waals surface area contributed by atoms with Crippen molar-refractivity contribution in [1.82, 2.24) is 20.0 Å². The molecular formula is C26H27ClN4O. The fraction of sp³-hybridized carbons (Fsp3) is 0.231. The van der Waals surface area contributed by atoms with Gasteiger partial charge in [0, 0.05) is 29.1 Å². The van der Waals surface area contributed by atoms with Gasteiger partial charge in [0.2, 0.25) is 0 Å². The monoisotopic (exact) mass is 446 g/mol. The molecule has 0 saturated carbocycles. The number of benzene rings is 3. The molecule has 1 N–H and O–H groups in total. The minimum absolute atomic E-state index is 0.0585. The second-order valence-corrected chi connectivity index (χ2v) is 8.47. The Morgan fingerprint density at radius 1 is 1.03 bits per heavy atom. The summed E-state index contributed by atoms with van der Waals surface area (Å²) in [7, 11) is 2.10. The largest absolute Gasteiger partial charge is 0.352 e. The maximum atomic E-state index is 12.7. The Morgan fingerprint density at radius 3 is 2.59 bits per heavy atom.